The number of methoxy groups -OCH3 is 1. The van der Waals surface area contributed by atoms with E-state index in [1.54, 1.807) is 13.8 Å². The average molecular weight is 232 g/mol. The summed E-state index contributed by atoms with van der Waals surface area (Å²) < 4.78 is 4.43. The Morgan fingerprint density at radius 1 is 1.38 bits per heavy atom. The van der Waals surface area contributed by atoms with Gasteiger partial charge in [-0.25, -0.2) is 4.79 Å². The maximum Gasteiger partial charge on any atom is 0.325 e. The molecule has 0 aliphatic carbocycles. The number of carbonyl (C=O) groups is 3. The van der Waals surface area contributed by atoms with Crippen molar-refractivity contribution in [2.45, 2.75) is 19.9 Å². The number of ether oxygens (including phenoxy) is 1. The highest BCUT2D eigenvalue weighted by molar-refractivity contribution is 5.83. The van der Waals surface area contributed by atoms with Gasteiger partial charge in [0.15, 0.2) is 0 Å². The van der Waals surface area contributed by atoms with E-state index < -0.39 is 24.5 Å². The van der Waals surface area contributed by atoms with Crippen molar-refractivity contribution in [3.05, 3.63) is 0 Å². The van der Waals surface area contributed by atoms with Crippen LogP contribution >= 0.6 is 0 Å². The second-order valence-corrected chi connectivity index (χ2v) is 3.35. The van der Waals surface area contributed by atoms with Gasteiger partial charge in [-0.3, -0.25) is 9.59 Å². The molecule has 0 aromatic rings. The van der Waals surface area contributed by atoms with Gasteiger partial charge in [0.05, 0.1) is 7.11 Å². The molecule has 7 heteroatoms. The fourth-order valence-corrected chi connectivity index (χ4v) is 0.945. The summed E-state index contributed by atoms with van der Waals surface area (Å²) in [7, 11) is 1.22. The summed E-state index contributed by atoms with van der Waals surface area (Å²) in [5.74, 6) is -1.70. The number of hydrogen-bond acceptors (Lipinski definition) is 4. The number of aliphatic carboxylic acids is 1. The first-order chi connectivity index (χ1) is 7.38. The Morgan fingerprint density at radius 3 is 2.31 bits per heavy atom. The maximum atomic E-state index is 11.5. The molecule has 2 N–H and O–H groups in total. The first-order valence-corrected chi connectivity index (χ1v) is 4.71. The summed E-state index contributed by atoms with van der Waals surface area (Å²) >= 11 is 0. The summed E-state index contributed by atoms with van der Waals surface area (Å²) in [5.41, 5.74) is 0. The Hall–Kier alpha value is -1.79. The summed E-state index contributed by atoms with van der Waals surface area (Å²) in [5, 5.41) is 10.6. The summed E-state index contributed by atoms with van der Waals surface area (Å²) in [6.07, 6.45) is 0. The lowest BCUT2D eigenvalue weighted by Gasteiger charge is -2.25. The smallest absolute Gasteiger partial charge is 0.325 e. The number of carbonyl (C=O) groups excluding carboxylic acids is 2. The SMILES string of the molecule is COC(=O)CN(C(=O)NCC(=O)O)C(C)C. The molecule has 0 aromatic heterocycles. The number of esters is 1. The maximum absolute atomic E-state index is 11.5. The fourth-order valence-electron chi connectivity index (χ4n) is 0.945. The van der Waals surface area contributed by atoms with Crippen LogP contribution in [0.25, 0.3) is 0 Å². The molecule has 0 aliphatic heterocycles. The van der Waals surface area contributed by atoms with Gasteiger partial charge in [-0.1, -0.05) is 0 Å². The van der Waals surface area contributed by atoms with Crippen LogP contribution in [0.15, 0.2) is 0 Å². The monoisotopic (exact) mass is 232 g/mol. The van der Waals surface area contributed by atoms with Crippen molar-refractivity contribution >= 4 is 18.0 Å². The van der Waals surface area contributed by atoms with Crippen molar-refractivity contribution in [1.29, 1.82) is 0 Å². The van der Waals surface area contributed by atoms with Crippen LogP contribution in [0, 0.1) is 0 Å². The van der Waals surface area contributed by atoms with E-state index in [0.29, 0.717) is 0 Å². The van der Waals surface area contributed by atoms with Crippen LogP contribution in [0.2, 0.25) is 0 Å². The molecular weight excluding hydrogens is 216 g/mol. The van der Waals surface area contributed by atoms with Crippen LogP contribution < -0.4 is 5.32 Å². The van der Waals surface area contributed by atoms with Crippen LogP contribution in [-0.4, -0.2) is 54.2 Å². The molecule has 0 saturated heterocycles. The summed E-state index contributed by atoms with van der Waals surface area (Å²) in [4.78, 5) is 33.9. The van der Waals surface area contributed by atoms with Gasteiger partial charge in [-0.05, 0) is 13.8 Å². The van der Waals surface area contributed by atoms with Crippen LogP contribution in [0.4, 0.5) is 4.79 Å². The molecule has 0 rings (SSSR count). The molecule has 2 amide bonds. The minimum absolute atomic E-state index is 0.209. The van der Waals surface area contributed by atoms with Gasteiger partial charge in [0.25, 0.3) is 0 Å². The molecule has 7 nitrogen and oxygen atoms in total. The highest BCUT2D eigenvalue weighted by Crippen LogP contribution is 1.99. The number of nitrogens with one attached hydrogen (secondary N) is 1. The summed E-state index contributed by atoms with van der Waals surface area (Å²) in [6.45, 7) is 2.73. The van der Waals surface area contributed by atoms with Crippen molar-refractivity contribution in [2.24, 2.45) is 0 Å². The molecule has 0 aromatic carbocycles. The zero-order chi connectivity index (χ0) is 12.7. The standard InChI is InChI=1S/C9H16N2O5/c1-6(2)11(5-8(14)16-3)9(15)10-4-7(12)13/h6H,4-5H2,1-3H3,(H,10,15)(H,12,13). The Bertz CT molecular complexity index is 277. The molecule has 0 heterocycles. The van der Waals surface area contributed by atoms with E-state index in [2.05, 4.69) is 10.1 Å². The Balaban J connectivity index is 4.35. The highest BCUT2D eigenvalue weighted by atomic mass is 16.5. The largest absolute Gasteiger partial charge is 0.480 e. The molecule has 0 atom stereocenters. The lowest BCUT2D eigenvalue weighted by molar-refractivity contribution is -0.141. The number of carboxylic acid groups (broad SMARTS) is 1. The van der Waals surface area contributed by atoms with E-state index in [1.807, 2.05) is 0 Å². The van der Waals surface area contributed by atoms with E-state index in [-0.39, 0.29) is 12.6 Å². The van der Waals surface area contributed by atoms with E-state index in [0.717, 1.165) is 0 Å². The molecule has 0 radical (unpaired) electrons. The van der Waals surface area contributed by atoms with Gasteiger partial charge >= 0.3 is 18.0 Å². The van der Waals surface area contributed by atoms with Gasteiger partial charge in [0.1, 0.15) is 13.1 Å². The Morgan fingerprint density at radius 2 is 1.94 bits per heavy atom. The van der Waals surface area contributed by atoms with Crippen LogP contribution in [0.1, 0.15) is 13.8 Å². The van der Waals surface area contributed by atoms with Crippen molar-refractivity contribution in [3.8, 4) is 0 Å². The molecule has 0 bridgehead atoms. The predicted molar refractivity (Wildman–Crippen MR) is 54.9 cm³/mol. The lowest BCUT2D eigenvalue weighted by Crippen LogP contribution is -2.47. The molecule has 0 unspecified atom stereocenters. The van der Waals surface area contributed by atoms with E-state index in [9.17, 15) is 14.4 Å². The van der Waals surface area contributed by atoms with E-state index in [4.69, 9.17) is 5.11 Å². The van der Waals surface area contributed by atoms with Crippen molar-refractivity contribution in [2.75, 3.05) is 20.2 Å². The number of carboxylic acids is 1. The van der Waals surface area contributed by atoms with Crippen LogP contribution in [0.5, 0.6) is 0 Å². The van der Waals surface area contributed by atoms with Crippen molar-refractivity contribution in [3.63, 3.8) is 0 Å². The quantitative estimate of drug-likeness (QED) is 0.632. The van der Waals surface area contributed by atoms with Crippen molar-refractivity contribution < 1.29 is 24.2 Å². The highest BCUT2D eigenvalue weighted by Gasteiger charge is 2.20. The first kappa shape index (κ1) is 14.2. The van der Waals surface area contributed by atoms with E-state index >= 15 is 0 Å². The zero-order valence-corrected chi connectivity index (χ0v) is 9.52. The Labute approximate surface area is 93.4 Å². The third-order valence-corrected chi connectivity index (χ3v) is 1.80. The molecule has 0 aliphatic rings. The predicted octanol–water partition coefficient (Wildman–Crippen LogP) is -0.336. The molecule has 92 valence electrons. The fraction of sp³-hybridized carbons (Fsp3) is 0.667. The third kappa shape index (κ3) is 5.18. The van der Waals surface area contributed by atoms with Gasteiger partial charge in [-0.15, -0.1) is 0 Å². The topological polar surface area (TPSA) is 95.9 Å². The zero-order valence-electron chi connectivity index (χ0n) is 9.52. The summed E-state index contributed by atoms with van der Waals surface area (Å²) in [6, 6.07) is -0.837. The van der Waals surface area contributed by atoms with Crippen molar-refractivity contribution in [1.82, 2.24) is 10.2 Å². The molecular formula is C9H16N2O5. The minimum atomic E-state index is -1.14. The van der Waals surface area contributed by atoms with Gasteiger partial charge in [0, 0.05) is 6.04 Å². The van der Waals surface area contributed by atoms with Gasteiger partial charge in [0.2, 0.25) is 0 Å². The molecule has 0 spiro atoms. The number of nitrogens with zero attached hydrogens (tertiary/aromatic N) is 1. The van der Waals surface area contributed by atoms with Crippen LogP contribution in [-0.2, 0) is 14.3 Å². The number of rotatable bonds is 5. The number of urea groups is 1. The minimum Gasteiger partial charge on any atom is -0.480 e. The number of amides is 2. The molecule has 0 saturated carbocycles. The lowest BCUT2D eigenvalue weighted by atomic mass is 10.3. The second kappa shape index (κ2) is 6.65. The van der Waals surface area contributed by atoms with E-state index in [1.165, 1.54) is 12.0 Å². The van der Waals surface area contributed by atoms with Gasteiger partial charge in [-0.2, -0.15) is 0 Å². The normalized spacial score (nSPS) is 9.75. The molecule has 16 heavy (non-hydrogen) atoms. The third-order valence-electron chi connectivity index (χ3n) is 1.80. The second-order valence-electron chi connectivity index (χ2n) is 3.35. The average Bonchev–Trinajstić information content (AvgIpc) is 2.21. The van der Waals surface area contributed by atoms with Crippen LogP contribution in [0.3, 0.4) is 0 Å². The van der Waals surface area contributed by atoms with Gasteiger partial charge < -0.3 is 20.1 Å². The number of hydrogen-bond donors (Lipinski definition) is 2. The Kier molecular flexibility index (Phi) is 5.91. The first-order valence-electron chi connectivity index (χ1n) is 4.71. The molecule has 0 fully saturated rings.